The number of urea groups is 1. The number of amides is 2. The molecule has 1 aliphatic heterocycles. The van der Waals surface area contributed by atoms with Crippen LogP contribution in [0.3, 0.4) is 0 Å². The number of fused-ring (bicyclic) bond motifs is 1. The van der Waals surface area contributed by atoms with Crippen LogP contribution < -0.4 is 21.0 Å². The van der Waals surface area contributed by atoms with Gasteiger partial charge in [0, 0.05) is 17.2 Å². The first-order chi connectivity index (χ1) is 13.6. The minimum atomic E-state index is -0.727. The lowest BCUT2D eigenvalue weighted by Crippen LogP contribution is -2.42. The lowest BCUT2D eigenvalue weighted by Gasteiger charge is -2.25. The van der Waals surface area contributed by atoms with Crippen LogP contribution in [-0.4, -0.2) is 18.9 Å². The molecule has 2 N–H and O–H groups in total. The van der Waals surface area contributed by atoms with Gasteiger partial charge in [-0.25, -0.2) is 9.59 Å². The van der Waals surface area contributed by atoms with Crippen molar-refractivity contribution in [2.75, 3.05) is 7.11 Å². The van der Waals surface area contributed by atoms with Gasteiger partial charge in [0.1, 0.15) is 16.9 Å². The fourth-order valence-corrected chi connectivity index (χ4v) is 3.11. The Morgan fingerprint density at radius 3 is 2.57 bits per heavy atom. The Bertz CT molecular complexity index is 1160. The lowest BCUT2D eigenvalue weighted by atomic mass is 9.92. The number of nitrogens with one attached hydrogen (secondary N) is 2. The summed E-state index contributed by atoms with van der Waals surface area (Å²) in [6.45, 7) is 0. The number of hydrogen-bond acceptors (Lipinski definition) is 5. The highest BCUT2D eigenvalue weighted by atomic mass is 16.5. The molecule has 0 radical (unpaired) electrons. The second-order valence-corrected chi connectivity index (χ2v) is 6.24. The number of ketones is 1. The zero-order valence-electron chi connectivity index (χ0n) is 14.9. The zero-order valence-corrected chi connectivity index (χ0v) is 14.9. The first kappa shape index (κ1) is 17.5. The lowest BCUT2D eigenvalue weighted by molar-refractivity contribution is 0.102. The Labute approximate surface area is 159 Å². The van der Waals surface area contributed by atoms with E-state index in [1.165, 1.54) is 12.3 Å². The molecule has 2 amide bonds. The van der Waals surface area contributed by atoms with Gasteiger partial charge in [-0.2, -0.15) is 0 Å². The standard InChI is InChI=1S/C21H16N2O5/c1-27-14-8-6-12(7-9-14)18-16(11-22-21(26)23-18)19(24)15-10-13-4-2-3-5-17(13)28-20(15)25/h2-11,18H,1H3,(H2,22,23,26). The number of methoxy groups -OCH3 is 1. The summed E-state index contributed by atoms with van der Waals surface area (Å²) in [5, 5.41) is 5.83. The third kappa shape index (κ3) is 3.14. The molecule has 3 aromatic rings. The maximum Gasteiger partial charge on any atom is 0.347 e. The van der Waals surface area contributed by atoms with Crippen molar-refractivity contribution in [2.45, 2.75) is 6.04 Å². The average Bonchev–Trinajstić information content (AvgIpc) is 2.73. The van der Waals surface area contributed by atoms with Crippen molar-refractivity contribution < 1.29 is 18.7 Å². The van der Waals surface area contributed by atoms with Crippen molar-refractivity contribution >= 4 is 22.8 Å². The third-order valence-electron chi connectivity index (χ3n) is 4.54. The van der Waals surface area contributed by atoms with Gasteiger partial charge in [-0.15, -0.1) is 0 Å². The minimum Gasteiger partial charge on any atom is -0.497 e. The molecule has 0 fully saturated rings. The highest BCUT2D eigenvalue weighted by Gasteiger charge is 2.30. The van der Waals surface area contributed by atoms with Crippen LogP contribution in [0.1, 0.15) is 22.0 Å². The highest BCUT2D eigenvalue weighted by molar-refractivity contribution is 6.11. The first-order valence-electron chi connectivity index (χ1n) is 8.55. The monoisotopic (exact) mass is 376 g/mol. The van der Waals surface area contributed by atoms with E-state index in [1.54, 1.807) is 55.6 Å². The molecule has 2 aromatic carbocycles. The van der Waals surface area contributed by atoms with Gasteiger partial charge in [-0.3, -0.25) is 4.79 Å². The Morgan fingerprint density at radius 2 is 1.82 bits per heavy atom. The van der Waals surface area contributed by atoms with Crippen LogP contribution in [0.2, 0.25) is 0 Å². The van der Waals surface area contributed by atoms with E-state index < -0.39 is 23.5 Å². The number of para-hydroxylation sites is 1. The summed E-state index contributed by atoms with van der Waals surface area (Å²) in [6, 6.07) is 14.3. The SMILES string of the molecule is COc1ccc(C2NC(=O)NC=C2C(=O)c2cc3ccccc3oc2=O)cc1. The van der Waals surface area contributed by atoms with E-state index in [4.69, 9.17) is 9.15 Å². The van der Waals surface area contributed by atoms with E-state index in [9.17, 15) is 14.4 Å². The van der Waals surface area contributed by atoms with Gasteiger partial charge in [-0.05, 0) is 29.8 Å². The van der Waals surface area contributed by atoms with Gasteiger partial charge in [0.2, 0.25) is 0 Å². The normalized spacial score (nSPS) is 16.1. The van der Waals surface area contributed by atoms with Gasteiger partial charge in [-0.1, -0.05) is 30.3 Å². The molecule has 0 bridgehead atoms. The second kappa shape index (κ2) is 7.03. The molecule has 1 unspecified atom stereocenters. The van der Waals surface area contributed by atoms with Crippen molar-refractivity contribution in [1.82, 2.24) is 10.6 Å². The number of carbonyl (C=O) groups excluding carboxylic acids is 2. The molecule has 7 nitrogen and oxygen atoms in total. The van der Waals surface area contributed by atoms with Crippen LogP contribution >= 0.6 is 0 Å². The second-order valence-electron chi connectivity index (χ2n) is 6.24. The number of Topliss-reactive ketones (excluding diaryl/α,β-unsaturated/α-hetero) is 1. The summed E-state index contributed by atoms with van der Waals surface area (Å²) >= 11 is 0. The summed E-state index contributed by atoms with van der Waals surface area (Å²) in [6.07, 6.45) is 1.32. The molecular formula is C21H16N2O5. The fraction of sp³-hybridized carbons (Fsp3) is 0.0952. The highest BCUT2D eigenvalue weighted by Crippen LogP contribution is 2.28. The van der Waals surface area contributed by atoms with Gasteiger partial charge in [0.05, 0.1) is 13.2 Å². The van der Waals surface area contributed by atoms with Gasteiger partial charge in [0.15, 0.2) is 5.78 Å². The largest absolute Gasteiger partial charge is 0.497 e. The molecule has 1 aliphatic rings. The summed E-state index contributed by atoms with van der Waals surface area (Å²) in [4.78, 5) is 37.3. The quantitative estimate of drug-likeness (QED) is 0.539. The van der Waals surface area contributed by atoms with Crippen molar-refractivity contribution in [3.05, 3.63) is 87.9 Å². The van der Waals surface area contributed by atoms with Crippen LogP contribution in [0.5, 0.6) is 5.75 Å². The molecular weight excluding hydrogens is 360 g/mol. The van der Waals surface area contributed by atoms with Crippen molar-refractivity contribution in [3.8, 4) is 5.75 Å². The van der Waals surface area contributed by atoms with Crippen molar-refractivity contribution in [2.24, 2.45) is 0 Å². The molecule has 0 spiro atoms. The molecule has 140 valence electrons. The predicted octanol–water partition coefficient (Wildman–Crippen LogP) is 2.92. The molecule has 28 heavy (non-hydrogen) atoms. The topological polar surface area (TPSA) is 97.6 Å². The molecule has 0 saturated heterocycles. The number of carbonyl (C=O) groups is 2. The van der Waals surface area contributed by atoms with Crippen molar-refractivity contribution in [3.63, 3.8) is 0 Å². The van der Waals surface area contributed by atoms with E-state index in [1.807, 2.05) is 0 Å². The Kier molecular flexibility index (Phi) is 4.41. The van der Waals surface area contributed by atoms with Crippen LogP contribution in [-0.2, 0) is 0 Å². The number of rotatable bonds is 4. The van der Waals surface area contributed by atoms with Crippen LogP contribution in [0.25, 0.3) is 11.0 Å². The fourth-order valence-electron chi connectivity index (χ4n) is 3.11. The zero-order chi connectivity index (χ0) is 19.7. The number of hydrogen-bond donors (Lipinski definition) is 2. The minimum absolute atomic E-state index is 0.0959. The maximum atomic E-state index is 13.1. The molecule has 1 atom stereocenters. The Hall–Kier alpha value is -3.87. The maximum absolute atomic E-state index is 13.1. The van der Waals surface area contributed by atoms with Crippen LogP contribution in [0.4, 0.5) is 4.79 Å². The van der Waals surface area contributed by atoms with Gasteiger partial charge < -0.3 is 19.8 Å². The summed E-state index contributed by atoms with van der Waals surface area (Å²) < 4.78 is 10.4. The molecule has 4 rings (SSSR count). The predicted molar refractivity (Wildman–Crippen MR) is 102 cm³/mol. The molecule has 2 heterocycles. The van der Waals surface area contributed by atoms with E-state index >= 15 is 0 Å². The van der Waals surface area contributed by atoms with Gasteiger partial charge in [0.25, 0.3) is 0 Å². The molecule has 0 aliphatic carbocycles. The Morgan fingerprint density at radius 1 is 1.07 bits per heavy atom. The average molecular weight is 376 g/mol. The first-order valence-corrected chi connectivity index (χ1v) is 8.55. The Balaban J connectivity index is 1.76. The smallest absolute Gasteiger partial charge is 0.347 e. The summed E-state index contributed by atoms with van der Waals surface area (Å²) in [5.74, 6) is 0.129. The number of benzene rings is 2. The number of ether oxygens (including phenoxy) is 1. The molecule has 1 aromatic heterocycles. The third-order valence-corrected chi connectivity index (χ3v) is 4.54. The van der Waals surface area contributed by atoms with E-state index in [2.05, 4.69) is 10.6 Å². The van der Waals surface area contributed by atoms with E-state index in [0.29, 0.717) is 22.3 Å². The van der Waals surface area contributed by atoms with Crippen molar-refractivity contribution in [1.29, 1.82) is 0 Å². The summed E-state index contributed by atoms with van der Waals surface area (Å²) in [5.41, 5.74) is 0.490. The van der Waals surface area contributed by atoms with Crippen LogP contribution in [0.15, 0.2) is 75.6 Å². The molecule has 0 saturated carbocycles. The van der Waals surface area contributed by atoms with E-state index in [0.717, 1.165) is 0 Å². The summed E-state index contributed by atoms with van der Waals surface area (Å²) in [7, 11) is 1.55. The van der Waals surface area contributed by atoms with Crippen LogP contribution in [0, 0.1) is 0 Å². The molecule has 7 heteroatoms. The van der Waals surface area contributed by atoms with Gasteiger partial charge >= 0.3 is 11.7 Å². The van der Waals surface area contributed by atoms with E-state index in [-0.39, 0.29) is 11.1 Å².